The minimum Gasteiger partial charge on any atom is -0.508 e. The van der Waals surface area contributed by atoms with Gasteiger partial charge in [0.2, 0.25) is 0 Å². The summed E-state index contributed by atoms with van der Waals surface area (Å²) < 4.78 is 0. The Morgan fingerprint density at radius 1 is 1.29 bits per heavy atom. The van der Waals surface area contributed by atoms with E-state index in [2.05, 4.69) is 28.1 Å². The van der Waals surface area contributed by atoms with E-state index in [1.54, 1.807) is 6.07 Å². The summed E-state index contributed by atoms with van der Waals surface area (Å²) in [4.78, 5) is 5.24. The van der Waals surface area contributed by atoms with Crippen LogP contribution in [0.15, 0.2) is 24.3 Å². The third-order valence-corrected chi connectivity index (χ3v) is 4.81. The van der Waals surface area contributed by atoms with Crippen molar-refractivity contribution in [2.24, 2.45) is 0 Å². The fraction of sp³-hybridized carbons (Fsp3) is 0.647. The van der Waals surface area contributed by atoms with Crippen LogP contribution in [-0.2, 0) is 6.42 Å². The second-order valence-corrected chi connectivity index (χ2v) is 6.34. The molecule has 3 fully saturated rings. The first kappa shape index (κ1) is 14.8. The van der Waals surface area contributed by atoms with E-state index in [-0.39, 0.29) is 0 Å². The summed E-state index contributed by atoms with van der Waals surface area (Å²) in [5, 5.41) is 13.4. The van der Waals surface area contributed by atoms with Gasteiger partial charge in [0, 0.05) is 44.8 Å². The van der Waals surface area contributed by atoms with Crippen molar-refractivity contribution in [1.29, 1.82) is 0 Å². The second-order valence-electron chi connectivity index (χ2n) is 6.34. The largest absolute Gasteiger partial charge is 0.508 e. The number of hydrogen-bond acceptors (Lipinski definition) is 4. The minimum absolute atomic E-state index is 0.371. The normalized spacial score (nSPS) is 29.5. The Hall–Kier alpha value is -1.10. The van der Waals surface area contributed by atoms with Gasteiger partial charge in [0.1, 0.15) is 5.75 Å². The molecule has 1 aromatic carbocycles. The molecule has 3 aliphatic heterocycles. The molecule has 3 heterocycles. The van der Waals surface area contributed by atoms with Crippen molar-refractivity contribution in [2.75, 3.05) is 39.3 Å². The molecule has 116 valence electrons. The van der Waals surface area contributed by atoms with E-state index < -0.39 is 0 Å². The van der Waals surface area contributed by atoms with Gasteiger partial charge in [-0.3, -0.25) is 9.80 Å². The fourth-order valence-electron chi connectivity index (χ4n) is 3.65. The van der Waals surface area contributed by atoms with Crippen molar-refractivity contribution in [2.45, 2.75) is 31.8 Å². The first-order chi connectivity index (χ1) is 10.3. The number of nitrogens with zero attached hydrogens (tertiary/aromatic N) is 2. The highest BCUT2D eigenvalue weighted by Gasteiger charge is 2.36. The summed E-state index contributed by atoms with van der Waals surface area (Å²) in [7, 11) is 0. The zero-order valence-corrected chi connectivity index (χ0v) is 13.0. The molecule has 2 unspecified atom stereocenters. The maximum Gasteiger partial charge on any atom is 0.115 e. The van der Waals surface area contributed by atoms with Gasteiger partial charge in [-0.1, -0.05) is 19.1 Å². The summed E-state index contributed by atoms with van der Waals surface area (Å²) >= 11 is 0. The van der Waals surface area contributed by atoms with E-state index in [1.807, 2.05) is 12.1 Å². The van der Waals surface area contributed by atoms with E-state index in [0.717, 1.165) is 19.4 Å². The molecule has 4 heteroatoms. The van der Waals surface area contributed by atoms with Crippen LogP contribution in [0.4, 0.5) is 0 Å². The van der Waals surface area contributed by atoms with Crippen LogP contribution in [0.3, 0.4) is 0 Å². The molecule has 2 atom stereocenters. The molecule has 0 aliphatic carbocycles. The van der Waals surface area contributed by atoms with Crippen LogP contribution in [0.2, 0.25) is 0 Å². The Kier molecular flexibility index (Phi) is 4.78. The lowest BCUT2D eigenvalue weighted by Crippen LogP contribution is -2.66. The van der Waals surface area contributed by atoms with Gasteiger partial charge in [0.05, 0.1) is 0 Å². The Bertz CT molecular complexity index is 457. The molecule has 4 rings (SSSR count). The van der Waals surface area contributed by atoms with Crippen molar-refractivity contribution in [3.05, 3.63) is 29.8 Å². The van der Waals surface area contributed by atoms with Crippen molar-refractivity contribution >= 4 is 0 Å². The smallest absolute Gasteiger partial charge is 0.115 e. The lowest BCUT2D eigenvalue weighted by molar-refractivity contribution is -0.00310. The van der Waals surface area contributed by atoms with E-state index >= 15 is 0 Å². The predicted molar refractivity (Wildman–Crippen MR) is 85.7 cm³/mol. The first-order valence-electron chi connectivity index (χ1n) is 8.24. The Balaban J connectivity index is 1.71. The first-order valence-corrected chi connectivity index (χ1v) is 8.24. The second kappa shape index (κ2) is 6.77. The van der Waals surface area contributed by atoms with Crippen LogP contribution in [0.25, 0.3) is 0 Å². The molecular formula is C17H27N3O. The van der Waals surface area contributed by atoms with Crippen LogP contribution in [0.1, 0.15) is 18.9 Å². The lowest BCUT2D eigenvalue weighted by atomic mass is 9.94. The molecule has 0 spiro atoms. The molecule has 4 nitrogen and oxygen atoms in total. The van der Waals surface area contributed by atoms with Gasteiger partial charge in [-0.25, -0.2) is 0 Å². The van der Waals surface area contributed by atoms with Gasteiger partial charge >= 0.3 is 0 Å². The van der Waals surface area contributed by atoms with Gasteiger partial charge in [-0.15, -0.1) is 0 Å². The number of benzene rings is 1. The summed E-state index contributed by atoms with van der Waals surface area (Å²) in [5.41, 5.74) is 1.22. The molecule has 0 aromatic heterocycles. The molecule has 2 bridgehead atoms. The van der Waals surface area contributed by atoms with Crippen molar-refractivity contribution < 1.29 is 5.11 Å². The average Bonchev–Trinajstić information content (AvgIpc) is 2.52. The molecule has 21 heavy (non-hydrogen) atoms. The monoisotopic (exact) mass is 289 g/mol. The Morgan fingerprint density at radius 3 is 2.71 bits per heavy atom. The number of nitrogens with one attached hydrogen (secondary N) is 1. The van der Waals surface area contributed by atoms with Crippen molar-refractivity contribution in [1.82, 2.24) is 15.1 Å². The van der Waals surface area contributed by atoms with Crippen LogP contribution in [0.5, 0.6) is 5.75 Å². The van der Waals surface area contributed by atoms with E-state index in [9.17, 15) is 5.11 Å². The van der Waals surface area contributed by atoms with Gasteiger partial charge < -0.3 is 10.4 Å². The number of phenolic OH excluding ortho intramolecular Hbond substituents is 1. The zero-order valence-electron chi connectivity index (χ0n) is 13.0. The third kappa shape index (κ3) is 3.57. The zero-order chi connectivity index (χ0) is 14.7. The number of piperazine rings is 3. The molecule has 3 saturated heterocycles. The van der Waals surface area contributed by atoms with Gasteiger partial charge in [0.25, 0.3) is 0 Å². The van der Waals surface area contributed by atoms with Crippen LogP contribution >= 0.6 is 0 Å². The van der Waals surface area contributed by atoms with E-state index in [4.69, 9.17) is 0 Å². The Labute approximate surface area is 127 Å². The highest BCUT2D eigenvalue weighted by molar-refractivity contribution is 5.28. The highest BCUT2D eigenvalue weighted by Crippen LogP contribution is 2.21. The fourth-order valence-corrected chi connectivity index (χ4v) is 3.65. The standard InChI is InChI=1S/C17H27N3O/c1-2-6-18-16(12-14-4-3-5-15(21)11-14)17-13-19-7-9-20(17)10-8-19/h3-5,11,16-18,21H,2,6-10,12-13H2,1H3. The summed E-state index contributed by atoms with van der Waals surface area (Å²) in [5.74, 6) is 0.371. The van der Waals surface area contributed by atoms with Crippen LogP contribution in [-0.4, -0.2) is 66.3 Å². The lowest BCUT2D eigenvalue weighted by Gasteiger charge is -2.50. The average molecular weight is 289 g/mol. The van der Waals surface area contributed by atoms with Crippen molar-refractivity contribution in [3.63, 3.8) is 0 Å². The molecule has 0 saturated carbocycles. The van der Waals surface area contributed by atoms with Crippen LogP contribution in [0, 0.1) is 0 Å². The predicted octanol–water partition coefficient (Wildman–Crippen LogP) is 1.30. The van der Waals surface area contributed by atoms with Crippen LogP contribution < -0.4 is 5.32 Å². The summed E-state index contributed by atoms with van der Waals surface area (Å²) in [6.07, 6.45) is 2.15. The molecule has 1 aromatic rings. The summed E-state index contributed by atoms with van der Waals surface area (Å²) in [6, 6.07) is 8.78. The summed E-state index contributed by atoms with van der Waals surface area (Å²) in [6.45, 7) is 9.32. The van der Waals surface area contributed by atoms with E-state index in [0.29, 0.717) is 17.8 Å². The molecule has 0 amide bonds. The minimum atomic E-state index is 0.371. The number of rotatable bonds is 6. The van der Waals surface area contributed by atoms with Crippen molar-refractivity contribution in [3.8, 4) is 5.75 Å². The maximum absolute atomic E-state index is 9.68. The number of hydrogen-bond donors (Lipinski definition) is 2. The van der Waals surface area contributed by atoms with Gasteiger partial charge in [-0.05, 0) is 37.1 Å². The Morgan fingerprint density at radius 2 is 2.10 bits per heavy atom. The van der Waals surface area contributed by atoms with E-state index in [1.165, 1.54) is 38.3 Å². The topological polar surface area (TPSA) is 38.7 Å². The highest BCUT2D eigenvalue weighted by atomic mass is 16.3. The third-order valence-electron chi connectivity index (χ3n) is 4.81. The number of fused-ring (bicyclic) bond motifs is 3. The molecule has 0 radical (unpaired) electrons. The SMILES string of the molecule is CCCNC(Cc1cccc(O)c1)C1CN2CCN1CC2. The number of aromatic hydroxyl groups is 1. The maximum atomic E-state index is 9.68. The molecular weight excluding hydrogens is 262 g/mol. The molecule has 3 aliphatic rings. The van der Waals surface area contributed by atoms with Gasteiger partial charge in [0.15, 0.2) is 0 Å². The number of phenols is 1. The quantitative estimate of drug-likeness (QED) is 0.828. The molecule has 2 N–H and O–H groups in total. The van der Waals surface area contributed by atoms with Gasteiger partial charge in [-0.2, -0.15) is 0 Å².